The first-order chi connectivity index (χ1) is 18.6. The Hall–Kier alpha value is -4.14. The van der Waals surface area contributed by atoms with Crippen molar-refractivity contribution in [1.29, 1.82) is 0 Å². The van der Waals surface area contributed by atoms with Gasteiger partial charge in [-0.25, -0.2) is 9.79 Å². The molecule has 0 spiro atoms. The molecule has 0 aliphatic rings. The van der Waals surface area contributed by atoms with Crippen molar-refractivity contribution < 1.29 is 38.7 Å². The molecule has 2 aromatic carbocycles. The number of methoxy groups -OCH3 is 2. The molecule has 0 amide bonds. The number of aliphatic imine (C=N–C) groups is 1. The predicted molar refractivity (Wildman–Crippen MR) is 147 cm³/mol. The van der Waals surface area contributed by atoms with E-state index in [4.69, 9.17) is 15.5 Å². The highest BCUT2D eigenvalue weighted by molar-refractivity contribution is 5.85. The number of carbonyl (C=O) groups is 2. The van der Waals surface area contributed by atoms with Crippen LogP contribution in [0.5, 0.6) is 0 Å². The topological polar surface area (TPSA) is 196 Å². The second kappa shape index (κ2) is 19.9. The zero-order valence-electron chi connectivity index (χ0n) is 22.3. The summed E-state index contributed by atoms with van der Waals surface area (Å²) in [5.74, 6) is -1.03. The third-order valence-electron chi connectivity index (χ3n) is 5.09. The zero-order valence-corrected chi connectivity index (χ0v) is 23.1. The number of carbonyl (C=O) groups excluding carboxylic acids is 2. The number of halogens is 1. The van der Waals surface area contributed by atoms with Gasteiger partial charge in [0.25, 0.3) is 11.4 Å². The first kappa shape index (κ1) is 35.9. The Bertz CT molecular complexity index is 1100. The summed E-state index contributed by atoms with van der Waals surface area (Å²) < 4.78 is 9.16. The first-order valence-electron chi connectivity index (χ1n) is 11.8. The molecule has 0 saturated carbocycles. The van der Waals surface area contributed by atoms with Crippen molar-refractivity contribution in [2.24, 2.45) is 10.7 Å². The summed E-state index contributed by atoms with van der Waals surface area (Å²) in [7, 11) is 2.53. The van der Waals surface area contributed by atoms with Crippen LogP contribution < -0.4 is 5.73 Å². The molecule has 2 unspecified atom stereocenters. The molecule has 220 valence electrons. The van der Waals surface area contributed by atoms with Crippen LogP contribution in [0.1, 0.15) is 30.9 Å². The quantitative estimate of drug-likeness (QED) is 0.0648. The Labute approximate surface area is 237 Å². The van der Waals surface area contributed by atoms with Crippen LogP contribution in [0.4, 0.5) is 11.4 Å². The van der Waals surface area contributed by atoms with E-state index >= 15 is 0 Å². The molecule has 0 aliphatic carbocycles. The third-order valence-corrected chi connectivity index (χ3v) is 5.09. The number of unbranched alkanes of at least 4 members (excludes halogenated alkanes) is 1. The second-order valence-corrected chi connectivity index (χ2v) is 7.95. The fraction of sp³-hybridized carbons (Fsp3) is 0.400. The van der Waals surface area contributed by atoms with Gasteiger partial charge in [0.1, 0.15) is 6.04 Å². The minimum atomic E-state index is -0.809. The molecule has 2 rings (SSSR count). The second-order valence-electron chi connectivity index (χ2n) is 7.95. The Balaban J connectivity index is 0.000000788. The number of nitro benzene ring substituents is 2. The molecule has 2 aromatic rings. The van der Waals surface area contributed by atoms with Crippen molar-refractivity contribution in [2.45, 2.75) is 44.7 Å². The number of rotatable bonds is 14. The Kier molecular flexibility index (Phi) is 17.8. The van der Waals surface area contributed by atoms with Gasteiger partial charge in [-0.2, -0.15) is 4.89 Å². The summed E-state index contributed by atoms with van der Waals surface area (Å²) in [5.41, 5.74) is 7.02. The summed E-state index contributed by atoms with van der Waals surface area (Å²) >= 11 is 0. The number of hydrogen-bond acceptors (Lipinski definition) is 12. The average Bonchev–Trinajstić information content (AvgIpc) is 2.94. The molecule has 2 N–H and O–H groups in total. The fourth-order valence-electron chi connectivity index (χ4n) is 2.93. The smallest absolute Gasteiger partial charge is 0.331 e. The van der Waals surface area contributed by atoms with Crippen molar-refractivity contribution in [2.75, 3.05) is 20.8 Å². The van der Waals surface area contributed by atoms with E-state index in [1.54, 1.807) is 24.3 Å². The normalized spacial score (nSPS) is 11.7. The number of non-ortho nitro benzene ring substituents is 2. The molecule has 0 saturated heterocycles. The Morgan fingerprint density at radius 2 is 1.38 bits per heavy atom. The van der Waals surface area contributed by atoms with Crippen LogP contribution in [0, 0.1) is 20.2 Å². The van der Waals surface area contributed by atoms with Crippen LogP contribution in [0.15, 0.2) is 53.5 Å². The molecule has 0 heterocycles. The number of ether oxygens (including phenoxy) is 2. The monoisotopic (exact) mass is 584 g/mol. The maximum atomic E-state index is 11.7. The molecule has 0 bridgehead atoms. The van der Waals surface area contributed by atoms with E-state index in [2.05, 4.69) is 14.5 Å². The SMILES string of the molecule is CCCCOOC=NC(Cc1ccc([N+](=O)[O-])cc1)C(=O)OC.COC(=O)C(N)Cc1ccc([N+](=O)[O-])cc1.Cl. The van der Waals surface area contributed by atoms with Gasteiger partial charge in [-0.15, -0.1) is 12.4 Å². The zero-order chi connectivity index (χ0) is 29.2. The molecule has 15 heteroatoms. The standard InChI is InChI=1S/C15H20N2O6.C10H12N2O4.ClH/c1-3-4-9-22-23-11-16-14(15(18)21-2)10-12-5-7-13(8-6-12)17(19)20;1-16-10(13)9(11)6-7-2-4-8(5-3-7)12(14)15;/h5-8,11,14H,3-4,9-10H2,1-2H3;2-5,9H,6,11H2,1H3;1H. The average molecular weight is 585 g/mol. The van der Waals surface area contributed by atoms with E-state index in [-0.39, 0.29) is 30.2 Å². The molecule has 0 fully saturated rings. The first-order valence-corrected chi connectivity index (χ1v) is 11.8. The summed E-state index contributed by atoms with van der Waals surface area (Å²) in [6.45, 7) is 2.46. The highest BCUT2D eigenvalue weighted by Crippen LogP contribution is 2.15. The molecule has 2 atom stereocenters. The van der Waals surface area contributed by atoms with E-state index < -0.39 is 33.9 Å². The summed E-state index contributed by atoms with van der Waals surface area (Å²) in [4.78, 5) is 56.4. The van der Waals surface area contributed by atoms with Crippen LogP contribution in [-0.2, 0) is 41.7 Å². The lowest BCUT2D eigenvalue weighted by Crippen LogP contribution is -2.33. The van der Waals surface area contributed by atoms with E-state index in [1.165, 1.54) is 38.5 Å². The molecule has 0 radical (unpaired) electrons. The Morgan fingerprint density at radius 1 is 0.900 bits per heavy atom. The van der Waals surface area contributed by atoms with Gasteiger partial charge in [-0.3, -0.25) is 25.0 Å². The van der Waals surface area contributed by atoms with Gasteiger partial charge in [-0.05, 0) is 24.0 Å². The van der Waals surface area contributed by atoms with Crippen molar-refractivity contribution >= 4 is 42.1 Å². The number of benzene rings is 2. The lowest BCUT2D eigenvalue weighted by molar-refractivity contribution is -0.385. The maximum Gasteiger partial charge on any atom is 0.331 e. The van der Waals surface area contributed by atoms with Gasteiger partial charge >= 0.3 is 11.9 Å². The van der Waals surface area contributed by atoms with Gasteiger partial charge in [-0.1, -0.05) is 37.6 Å². The summed E-state index contributed by atoms with van der Waals surface area (Å²) in [6.07, 6.45) is 3.43. The van der Waals surface area contributed by atoms with Gasteiger partial charge < -0.3 is 20.1 Å². The highest BCUT2D eigenvalue weighted by atomic mass is 35.5. The molecular formula is C25H33ClN4O10. The largest absolute Gasteiger partial charge is 0.468 e. The van der Waals surface area contributed by atoms with Crippen molar-refractivity contribution in [3.63, 3.8) is 0 Å². The van der Waals surface area contributed by atoms with E-state index in [1.807, 2.05) is 6.92 Å². The van der Waals surface area contributed by atoms with Gasteiger partial charge in [0.15, 0.2) is 6.04 Å². The van der Waals surface area contributed by atoms with Crippen molar-refractivity contribution in [3.8, 4) is 0 Å². The minimum Gasteiger partial charge on any atom is -0.468 e. The van der Waals surface area contributed by atoms with Crippen LogP contribution in [0.2, 0.25) is 0 Å². The molecule has 40 heavy (non-hydrogen) atoms. The predicted octanol–water partition coefficient (Wildman–Crippen LogP) is 3.51. The van der Waals surface area contributed by atoms with Crippen LogP contribution in [-0.4, -0.2) is 61.1 Å². The van der Waals surface area contributed by atoms with Crippen LogP contribution in [0.25, 0.3) is 0 Å². The van der Waals surface area contributed by atoms with E-state index in [0.29, 0.717) is 13.0 Å². The molecule has 14 nitrogen and oxygen atoms in total. The van der Waals surface area contributed by atoms with E-state index in [9.17, 15) is 29.8 Å². The number of nitrogens with zero attached hydrogens (tertiary/aromatic N) is 3. The lowest BCUT2D eigenvalue weighted by atomic mass is 10.1. The van der Waals surface area contributed by atoms with Crippen LogP contribution in [0.3, 0.4) is 0 Å². The highest BCUT2D eigenvalue weighted by Gasteiger charge is 2.19. The van der Waals surface area contributed by atoms with Crippen molar-refractivity contribution in [3.05, 3.63) is 79.9 Å². The number of esters is 2. The molecule has 0 aromatic heterocycles. The van der Waals surface area contributed by atoms with Crippen molar-refractivity contribution in [1.82, 2.24) is 0 Å². The number of nitrogens with two attached hydrogens (primary N) is 1. The summed E-state index contributed by atoms with van der Waals surface area (Å²) in [5, 5.41) is 21.0. The van der Waals surface area contributed by atoms with Gasteiger partial charge in [0.05, 0.1) is 30.7 Å². The van der Waals surface area contributed by atoms with Crippen LogP contribution >= 0.6 is 12.4 Å². The maximum absolute atomic E-state index is 11.7. The number of hydrogen-bond donors (Lipinski definition) is 1. The number of nitro groups is 2. The fourth-order valence-corrected chi connectivity index (χ4v) is 2.93. The molecular weight excluding hydrogens is 552 g/mol. The van der Waals surface area contributed by atoms with Gasteiger partial charge in [0, 0.05) is 30.7 Å². The Morgan fingerprint density at radius 3 is 1.80 bits per heavy atom. The minimum absolute atomic E-state index is 0. The van der Waals surface area contributed by atoms with Gasteiger partial charge in [0.2, 0.25) is 6.40 Å². The van der Waals surface area contributed by atoms with E-state index in [0.717, 1.165) is 30.4 Å². The molecule has 0 aliphatic heterocycles. The third kappa shape index (κ3) is 13.6. The lowest BCUT2D eigenvalue weighted by Gasteiger charge is -2.09. The summed E-state index contributed by atoms with van der Waals surface area (Å²) in [6, 6.07) is 10.2.